The zero-order valence-corrected chi connectivity index (χ0v) is 11.1. The number of para-hydroxylation sites is 1. The molecule has 0 bridgehead atoms. The van der Waals surface area contributed by atoms with Crippen molar-refractivity contribution in [3.05, 3.63) is 39.9 Å². The minimum absolute atomic E-state index is 0.0293. The molecule has 0 saturated carbocycles. The molecule has 1 rings (SSSR count). The van der Waals surface area contributed by atoms with Crippen LogP contribution in [0.2, 0.25) is 0 Å². The van der Waals surface area contributed by atoms with Gasteiger partial charge in [0.15, 0.2) is 0 Å². The molecule has 0 aliphatic rings. The molecule has 0 heterocycles. The number of hydrogen-bond acceptors (Lipinski definition) is 4. The van der Waals surface area contributed by atoms with Gasteiger partial charge in [-0.05, 0) is 5.92 Å². The summed E-state index contributed by atoms with van der Waals surface area (Å²) in [6, 6.07) is 6.42. The van der Waals surface area contributed by atoms with Crippen LogP contribution in [0, 0.1) is 16.0 Å². The highest BCUT2D eigenvalue weighted by Gasteiger charge is 2.18. The van der Waals surface area contributed by atoms with Gasteiger partial charge in [0, 0.05) is 24.7 Å². The van der Waals surface area contributed by atoms with Crippen LogP contribution in [0.5, 0.6) is 0 Å². The highest BCUT2D eigenvalue weighted by molar-refractivity contribution is 5.69. The Balaban J connectivity index is 2.89. The first-order valence-corrected chi connectivity index (χ1v) is 6.06. The summed E-state index contributed by atoms with van der Waals surface area (Å²) in [5, 5.41) is 19.8. The first kappa shape index (κ1) is 15.1. The molecule has 0 fully saturated rings. The van der Waals surface area contributed by atoms with E-state index in [1.807, 2.05) is 13.8 Å². The van der Waals surface area contributed by atoms with Crippen molar-refractivity contribution in [3.8, 4) is 0 Å². The Kier molecular flexibility index (Phi) is 5.44. The highest BCUT2D eigenvalue weighted by atomic mass is 16.6. The number of nitro benzene ring substituents is 1. The van der Waals surface area contributed by atoms with Crippen molar-refractivity contribution in [2.75, 3.05) is 13.1 Å². The summed E-state index contributed by atoms with van der Waals surface area (Å²) in [6.07, 6.45) is 0. The highest BCUT2D eigenvalue weighted by Crippen LogP contribution is 2.19. The van der Waals surface area contributed by atoms with Gasteiger partial charge in [-0.1, -0.05) is 32.0 Å². The third-order valence-corrected chi connectivity index (χ3v) is 2.56. The zero-order chi connectivity index (χ0) is 14.4. The molecule has 0 spiro atoms. The maximum absolute atomic E-state index is 10.9. The molecular formula is C13H18N2O4. The topological polar surface area (TPSA) is 83.7 Å². The van der Waals surface area contributed by atoms with E-state index in [9.17, 15) is 14.9 Å². The van der Waals surface area contributed by atoms with Crippen LogP contribution in [-0.2, 0) is 11.3 Å². The first-order valence-electron chi connectivity index (χ1n) is 6.06. The second-order valence-corrected chi connectivity index (χ2v) is 4.84. The molecule has 19 heavy (non-hydrogen) atoms. The molecule has 0 aliphatic heterocycles. The molecule has 6 heteroatoms. The molecular weight excluding hydrogens is 248 g/mol. The summed E-state index contributed by atoms with van der Waals surface area (Å²) >= 11 is 0. The summed E-state index contributed by atoms with van der Waals surface area (Å²) < 4.78 is 0. The molecule has 1 aromatic carbocycles. The monoisotopic (exact) mass is 266 g/mol. The molecule has 104 valence electrons. The number of nitro groups is 1. The van der Waals surface area contributed by atoms with E-state index in [0.29, 0.717) is 18.0 Å². The van der Waals surface area contributed by atoms with Gasteiger partial charge in [0.2, 0.25) is 0 Å². The van der Waals surface area contributed by atoms with Crippen molar-refractivity contribution >= 4 is 11.7 Å². The number of benzene rings is 1. The van der Waals surface area contributed by atoms with E-state index in [4.69, 9.17) is 5.11 Å². The normalized spacial score (nSPS) is 10.9. The SMILES string of the molecule is CC(C)CN(CC(=O)O)Cc1ccccc1[N+](=O)[O-]. The second kappa shape index (κ2) is 6.84. The standard InChI is InChI=1S/C13H18N2O4/c1-10(2)7-14(9-13(16)17)8-11-5-3-4-6-12(11)15(18)19/h3-6,10H,7-9H2,1-2H3,(H,16,17). The van der Waals surface area contributed by atoms with Crippen LogP contribution in [0.3, 0.4) is 0 Å². The van der Waals surface area contributed by atoms with Gasteiger partial charge in [0.05, 0.1) is 11.5 Å². The third kappa shape index (κ3) is 5.05. The van der Waals surface area contributed by atoms with E-state index in [-0.39, 0.29) is 18.8 Å². The number of carboxylic acid groups (broad SMARTS) is 1. The van der Waals surface area contributed by atoms with E-state index in [1.54, 1.807) is 23.1 Å². The van der Waals surface area contributed by atoms with E-state index in [0.717, 1.165) is 0 Å². The van der Waals surface area contributed by atoms with Crippen LogP contribution in [0.4, 0.5) is 5.69 Å². The van der Waals surface area contributed by atoms with E-state index in [1.165, 1.54) is 6.07 Å². The van der Waals surface area contributed by atoms with Gasteiger partial charge >= 0.3 is 5.97 Å². The zero-order valence-electron chi connectivity index (χ0n) is 11.1. The van der Waals surface area contributed by atoms with Crippen LogP contribution in [-0.4, -0.2) is 34.0 Å². The number of carboxylic acids is 1. The summed E-state index contributed by atoms with van der Waals surface area (Å²) in [5.74, 6) is -0.638. The molecule has 0 radical (unpaired) electrons. The van der Waals surface area contributed by atoms with Gasteiger partial charge in [0.1, 0.15) is 0 Å². The van der Waals surface area contributed by atoms with Crippen molar-refractivity contribution < 1.29 is 14.8 Å². The fourth-order valence-corrected chi connectivity index (χ4v) is 1.96. The minimum atomic E-state index is -0.931. The Morgan fingerprint density at radius 2 is 2.05 bits per heavy atom. The quantitative estimate of drug-likeness (QED) is 0.603. The van der Waals surface area contributed by atoms with Crippen molar-refractivity contribution in [1.29, 1.82) is 0 Å². The lowest BCUT2D eigenvalue weighted by Gasteiger charge is -2.22. The molecule has 0 amide bonds. The largest absolute Gasteiger partial charge is 0.480 e. The Hall–Kier alpha value is -1.95. The molecule has 6 nitrogen and oxygen atoms in total. The predicted molar refractivity (Wildman–Crippen MR) is 70.8 cm³/mol. The Morgan fingerprint density at radius 1 is 1.42 bits per heavy atom. The van der Waals surface area contributed by atoms with Crippen molar-refractivity contribution in [2.24, 2.45) is 5.92 Å². The van der Waals surface area contributed by atoms with Crippen LogP contribution in [0.15, 0.2) is 24.3 Å². The van der Waals surface area contributed by atoms with Gasteiger partial charge < -0.3 is 5.11 Å². The summed E-state index contributed by atoms with van der Waals surface area (Å²) in [6.45, 7) is 4.69. The Bertz CT molecular complexity index is 460. The molecule has 0 aromatic heterocycles. The van der Waals surface area contributed by atoms with Crippen LogP contribution in [0.1, 0.15) is 19.4 Å². The maximum Gasteiger partial charge on any atom is 0.317 e. The fraction of sp³-hybridized carbons (Fsp3) is 0.462. The lowest BCUT2D eigenvalue weighted by molar-refractivity contribution is -0.385. The smallest absolute Gasteiger partial charge is 0.317 e. The predicted octanol–water partition coefficient (Wildman–Crippen LogP) is 2.14. The fourth-order valence-electron chi connectivity index (χ4n) is 1.96. The van der Waals surface area contributed by atoms with Gasteiger partial charge in [-0.15, -0.1) is 0 Å². The van der Waals surface area contributed by atoms with E-state index >= 15 is 0 Å². The number of aliphatic carboxylic acids is 1. The molecule has 1 aromatic rings. The van der Waals surface area contributed by atoms with Gasteiger partial charge in [0.25, 0.3) is 5.69 Å². The van der Waals surface area contributed by atoms with Gasteiger partial charge in [-0.3, -0.25) is 19.8 Å². The Labute approximate surface area is 111 Å². The molecule has 0 atom stereocenters. The van der Waals surface area contributed by atoms with E-state index in [2.05, 4.69) is 0 Å². The number of rotatable bonds is 7. The second-order valence-electron chi connectivity index (χ2n) is 4.84. The molecule has 1 N–H and O–H groups in total. The van der Waals surface area contributed by atoms with Crippen molar-refractivity contribution in [3.63, 3.8) is 0 Å². The van der Waals surface area contributed by atoms with E-state index < -0.39 is 10.9 Å². The summed E-state index contributed by atoms with van der Waals surface area (Å²) in [7, 11) is 0. The summed E-state index contributed by atoms with van der Waals surface area (Å²) in [5.41, 5.74) is 0.566. The average molecular weight is 266 g/mol. The maximum atomic E-state index is 10.9. The Morgan fingerprint density at radius 3 is 2.58 bits per heavy atom. The lowest BCUT2D eigenvalue weighted by Crippen LogP contribution is -2.32. The molecule has 0 saturated heterocycles. The molecule has 0 aliphatic carbocycles. The minimum Gasteiger partial charge on any atom is -0.480 e. The lowest BCUT2D eigenvalue weighted by atomic mass is 10.1. The first-order chi connectivity index (χ1) is 8.90. The number of nitrogens with zero attached hydrogens (tertiary/aromatic N) is 2. The van der Waals surface area contributed by atoms with Gasteiger partial charge in [-0.2, -0.15) is 0 Å². The number of carbonyl (C=O) groups is 1. The average Bonchev–Trinajstić information content (AvgIpc) is 2.27. The molecule has 0 unspecified atom stereocenters. The van der Waals surface area contributed by atoms with Crippen molar-refractivity contribution in [2.45, 2.75) is 20.4 Å². The van der Waals surface area contributed by atoms with Gasteiger partial charge in [-0.25, -0.2) is 0 Å². The van der Waals surface area contributed by atoms with Crippen molar-refractivity contribution in [1.82, 2.24) is 4.90 Å². The van der Waals surface area contributed by atoms with Crippen LogP contribution >= 0.6 is 0 Å². The summed E-state index contributed by atoms with van der Waals surface area (Å²) in [4.78, 5) is 23.0. The van der Waals surface area contributed by atoms with Crippen LogP contribution < -0.4 is 0 Å². The number of hydrogen-bond donors (Lipinski definition) is 1. The third-order valence-electron chi connectivity index (χ3n) is 2.56. The van der Waals surface area contributed by atoms with Crippen LogP contribution in [0.25, 0.3) is 0 Å².